The molecule has 182 valence electrons. The van der Waals surface area contributed by atoms with Crippen LogP contribution in [0.15, 0.2) is 30.6 Å². The fourth-order valence-corrected chi connectivity index (χ4v) is 4.76. The summed E-state index contributed by atoms with van der Waals surface area (Å²) in [5.41, 5.74) is 2.81. The van der Waals surface area contributed by atoms with E-state index in [-0.39, 0.29) is 5.91 Å². The minimum absolute atomic E-state index is 0.300. The van der Waals surface area contributed by atoms with E-state index in [4.69, 9.17) is 10.1 Å². The zero-order chi connectivity index (χ0) is 23.9. The average Bonchev–Trinajstić information content (AvgIpc) is 3.27. The van der Waals surface area contributed by atoms with Crippen molar-refractivity contribution in [2.24, 2.45) is 0 Å². The Hall–Kier alpha value is -3.60. The van der Waals surface area contributed by atoms with Crippen LogP contribution in [0.5, 0.6) is 0 Å². The number of carbonyl (C=O) groups is 1. The molecule has 1 aliphatic heterocycles. The summed E-state index contributed by atoms with van der Waals surface area (Å²) in [5.74, 6) is 0.286. The maximum absolute atomic E-state index is 13.3. The number of pyridine rings is 1. The minimum Gasteiger partial charge on any atom is -0.373 e. The number of anilines is 1. The molecule has 5 heterocycles. The molecular formula is C24H28FN9O. The Bertz CT molecular complexity index is 1390. The molecule has 11 heteroatoms. The van der Waals surface area contributed by atoms with Gasteiger partial charge in [-0.1, -0.05) is 6.42 Å². The van der Waals surface area contributed by atoms with Crippen LogP contribution in [0.25, 0.3) is 28.1 Å². The normalized spacial score (nSPS) is 20.4. The second-order valence-corrected chi connectivity index (χ2v) is 9.25. The van der Waals surface area contributed by atoms with Crippen molar-refractivity contribution in [3.05, 3.63) is 36.2 Å². The lowest BCUT2D eigenvalue weighted by molar-refractivity contribution is 0.0949. The van der Waals surface area contributed by atoms with Gasteiger partial charge in [-0.15, -0.1) is 0 Å². The third kappa shape index (κ3) is 4.09. The number of likely N-dealkylation sites (tertiary alicyclic amines) is 1. The van der Waals surface area contributed by atoms with Gasteiger partial charge in [-0.3, -0.25) is 4.79 Å². The highest BCUT2D eigenvalue weighted by Crippen LogP contribution is 2.30. The summed E-state index contributed by atoms with van der Waals surface area (Å²) in [7, 11) is 1.79. The number of piperidine rings is 1. The Kier molecular flexibility index (Phi) is 5.56. The first-order chi connectivity index (χ1) is 17.1. The number of fused-ring (bicyclic) bond motifs is 2. The molecular weight excluding hydrogens is 449 g/mol. The van der Waals surface area contributed by atoms with Gasteiger partial charge in [0.05, 0.1) is 24.5 Å². The number of alkyl halides is 1. The molecule has 2 aliphatic rings. The van der Waals surface area contributed by atoms with E-state index in [1.807, 2.05) is 22.9 Å². The van der Waals surface area contributed by atoms with Gasteiger partial charge in [0.1, 0.15) is 23.2 Å². The predicted octanol–water partition coefficient (Wildman–Crippen LogP) is 2.51. The summed E-state index contributed by atoms with van der Waals surface area (Å²) in [6, 6.07) is 5.31. The lowest BCUT2D eigenvalue weighted by Gasteiger charge is -2.26. The van der Waals surface area contributed by atoms with Gasteiger partial charge in [0.2, 0.25) is 0 Å². The van der Waals surface area contributed by atoms with E-state index in [2.05, 4.69) is 25.6 Å². The fourth-order valence-electron chi connectivity index (χ4n) is 4.76. The average molecular weight is 478 g/mol. The molecule has 1 aliphatic carbocycles. The molecule has 0 aromatic carbocycles. The van der Waals surface area contributed by atoms with Crippen molar-refractivity contribution in [3.8, 4) is 11.4 Å². The SMILES string of the molecule is CNc1cc(-c2nn(CCN3CCCCC3)c3ncccc23)nc2c(C(=O)N[C@H]3C[C@H]3F)cnn12. The Morgan fingerprint density at radius 3 is 2.80 bits per heavy atom. The molecule has 2 N–H and O–H groups in total. The molecule has 4 aromatic heterocycles. The summed E-state index contributed by atoms with van der Waals surface area (Å²) >= 11 is 0. The first-order valence-electron chi connectivity index (χ1n) is 12.2. The van der Waals surface area contributed by atoms with Crippen molar-refractivity contribution in [1.29, 1.82) is 0 Å². The number of nitrogens with zero attached hydrogens (tertiary/aromatic N) is 7. The highest BCUT2D eigenvalue weighted by atomic mass is 19.1. The van der Waals surface area contributed by atoms with Crippen molar-refractivity contribution < 1.29 is 9.18 Å². The van der Waals surface area contributed by atoms with Crippen LogP contribution in [0.3, 0.4) is 0 Å². The van der Waals surface area contributed by atoms with Crippen LogP contribution in [0.1, 0.15) is 36.0 Å². The summed E-state index contributed by atoms with van der Waals surface area (Å²) in [4.78, 5) is 24.7. The number of hydrogen-bond acceptors (Lipinski definition) is 7. The molecule has 1 saturated carbocycles. The maximum Gasteiger partial charge on any atom is 0.257 e. The molecule has 0 bridgehead atoms. The molecule has 0 unspecified atom stereocenters. The zero-order valence-electron chi connectivity index (χ0n) is 19.6. The summed E-state index contributed by atoms with van der Waals surface area (Å²) < 4.78 is 16.9. The van der Waals surface area contributed by atoms with Crippen LogP contribution < -0.4 is 10.6 Å². The molecule has 35 heavy (non-hydrogen) atoms. The van der Waals surface area contributed by atoms with Gasteiger partial charge in [0, 0.05) is 37.7 Å². The lowest BCUT2D eigenvalue weighted by atomic mass is 10.1. The third-order valence-corrected chi connectivity index (χ3v) is 6.83. The van der Waals surface area contributed by atoms with Gasteiger partial charge < -0.3 is 15.5 Å². The van der Waals surface area contributed by atoms with Crippen molar-refractivity contribution in [3.63, 3.8) is 0 Å². The van der Waals surface area contributed by atoms with E-state index in [9.17, 15) is 9.18 Å². The summed E-state index contributed by atoms with van der Waals surface area (Å²) in [6.45, 7) is 3.91. The Morgan fingerprint density at radius 1 is 1.20 bits per heavy atom. The molecule has 1 saturated heterocycles. The Labute approximate surface area is 201 Å². The number of aromatic nitrogens is 6. The van der Waals surface area contributed by atoms with E-state index in [1.165, 1.54) is 25.5 Å². The highest BCUT2D eigenvalue weighted by molar-refractivity contribution is 6.01. The summed E-state index contributed by atoms with van der Waals surface area (Å²) in [6.07, 6.45) is 6.40. The van der Waals surface area contributed by atoms with Gasteiger partial charge in [-0.05, 0) is 38.1 Å². The van der Waals surface area contributed by atoms with E-state index in [1.54, 1.807) is 17.8 Å². The molecule has 6 rings (SSSR count). The van der Waals surface area contributed by atoms with E-state index < -0.39 is 12.2 Å². The lowest BCUT2D eigenvalue weighted by Crippen LogP contribution is -2.32. The van der Waals surface area contributed by atoms with Crippen LogP contribution in [-0.2, 0) is 6.54 Å². The van der Waals surface area contributed by atoms with Crippen molar-refractivity contribution in [1.82, 2.24) is 39.6 Å². The van der Waals surface area contributed by atoms with Gasteiger partial charge in [-0.25, -0.2) is 19.0 Å². The standard InChI is InChI=1S/C24H28FN9O/c1-26-20-13-19(29-23-16(14-28-34(20)23)24(35)30-18-12-17(18)25)21-15-6-5-7-27-22(15)33(31-21)11-10-32-8-3-2-4-9-32/h5-7,13-14,17-18,26H,2-4,8-12H2,1H3,(H,30,35)/t17-,18+/m1/s1. The van der Waals surface area contributed by atoms with Gasteiger partial charge in [0.25, 0.3) is 5.91 Å². The number of carbonyl (C=O) groups excluding carboxylic acids is 1. The fraction of sp³-hybridized carbons (Fsp3) is 0.458. The van der Waals surface area contributed by atoms with Gasteiger partial charge in [0.15, 0.2) is 11.3 Å². The smallest absolute Gasteiger partial charge is 0.257 e. The van der Waals surface area contributed by atoms with Gasteiger partial charge in [-0.2, -0.15) is 14.7 Å². The maximum atomic E-state index is 13.3. The number of rotatable bonds is 7. The Morgan fingerprint density at radius 2 is 2.03 bits per heavy atom. The third-order valence-electron chi connectivity index (χ3n) is 6.83. The molecule has 4 aromatic rings. The van der Waals surface area contributed by atoms with E-state index >= 15 is 0 Å². The second kappa shape index (κ2) is 8.88. The minimum atomic E-state index is -0.982. The number of amides is 1. The zero-order valence-corrected chi connectivity index (χ0v) is 19.6. The van der Waals surface area contributed by atoms with Crippen molar-refractivity contribution in [2.45, 2.75) is 44.4 Å². The second-order valence-electron chi connectivity index (χ2n) is 9.25. The van der Waals surface area contributed by atoms with Crippen LogP contribution in [0.4, 0.5) is 10.2 Å². The monoisotopic (exact) mass is 477 g/mol. The van der Waals surface area contributed by atoms with Crippen molar-refractivity contribution >= 4 is 28.4 Å². The molecule has 2 atom stereocenters. The first kappa shape index (κ1) is 21.9. The van der Waals surface area contributed by atoms with Crippen LogP contribution in [-0.4, -0.2) is 79.1 Å². The van der Waals surface area contributed by atoms with E-state index in [0.717, 1.165) is 37.2 Å². The molecule has 0 radical (unpaired) electrons. The van der Waals surface area contributed by atoms with Crippen molar-refractivity contribution in [2.75, 3.05) is 32.0 Å². The molecule has 2 fully saturated rings. The topological polar surface area (TPSA) is 105 Å². The predicted molar refractivity (Wildman–Crippen MR) is 130 cm³/mol. The summed E-state index contributed by atoms with van der Waals surface area (Å²) in [5, 5.41) is 16.0. The van der Waals surface area contributed by atoms with Gasteiger partial charge >= 0.3 is 0 Å². The first-order valence-corrected chi connectivity index (χ1v) is 12.2. The van der Waals surface area contributed by atoms with Crippen LogP contribution >= 0.6 is 0 Å². The molecule has 10 nitrogen and oxygen atoms in total. The highest BCUT2D eigenvalue weighted by Gasteiger charge is 2.39. The molecule has 0 spiro atoms. The number of hydrogen-bond donors (Lipinski definition) is 2. The quantitative estimate of drug-likeness (QED) is 0.421. The Balaban J connectivity index is 1.38. The number of nitrogens with one attached hydrogen (secondary N) is 2. The molecule has 1 amide bonds. The van der Waals surface area contributed by atoms with Crippen LogP contribution in [0, 0.1) is 0 Å². The largest absolute Gasteiger partial charge is 0.373 e. The van der Waals surface area contributed by atoms with E-state index in [0.29, 0.717) is 34.8 Å². The number of halogens is 1. The van der Waals surface area contributed by atoms with Crippen LogP contribution in [0.2, 0.25) is 0 Å².